The van der Waals surface area contributed by atoms with Crippen molar-refractivity contribution in [1.82, 2.24) is 0 Å². The fraction of sp³-hybridized carbons (Fsp3) is 0.0714. The Labute approximate surface area is 202 Å². The van der Waals surface area contributed by atoms with Gasteiger partial charge in [-0.1, -0.05) is 72.3 Å². The maximum atomic E-state index is 12.9. The number of amides is 1. The first-order chi connectivity index (χ1) is 16.6. The number of rotatable bonds is 7. The maximum absolute atomic E-state index is 12.9. The molecule has 1 N–H and O–H groups in total. The van der Waals surface area contributed by atoms with Gasteiger partial charge in [-0.2, -0.15) is 5.26 Å². The summed E-state index contributed by atoms with van der Waals surface area (Å²) in [6, 6.07) is 28.0. The average molecular weight is 469 g/mol. The van der Waals surface area contributed by atoms with E-state index in [-0.39, 0.29) is 12.2 Å². The highest BCUT2D eigenvalue weighted by Crippen LogP contribution is 2.31. The minimum Gasteiger partial charge on any atom is -0.493 e. The molecule has 0 radical (unpaired) electrons. The molecule has 0 unspecified atom stereocenters. The van der Waals surface area contributed by atoms with Gasteiger partial charge < -0.3 is 14.8 Å². The first-order valence-electron chi connectivity index (χ1n) is 10.5. The molecule has 0 aliphatic heterocycles. The van der Waals surface area contributed by atoms with Crippen LogP contribution in [0, 0.1) is 11.3 Å². The first-order valence-corrected chi connectivity index (χ1v) is 10.9. The molecule has 5 nitrogen and oxygen atoms in total. The lowest BCUT2D eigenvalue weighted by atomic mass is 10.1. The van der Waals surface area contributed by atoms with E-state index in [1.165, 1.54) is 6.08 Å². The van der Waals surface area contributed by atoms with Crippen molar-refractivity contribution < 1.29 is 14.3 Å². The fourth-order valence-corrected chi connectivity index (χ4v) is 3.70. The van der Waals surface area contributed by atoms with Gasteiger partial charge in [0.1, 0.15) is 18.2 Å². The molecule has 0 spiro atoms. The van der Waals surface area contributed by atoms with E-state index >= 15 is 0 Å². The molecule has 6 heteroatoms. The number of nitriles is 1. The largest absolute Gasteiger partial charge is 0.493 e. The van der Waals surface area contributed by atoms with Crippen LogP contribution in [0.2, 0.25) is 5.02 Å². The molecule has 4 rings (SSSR count). The molecule has 0 aromatic heterocycles. The van der Waals surface area contributed by atoms with Crippen molar-refractivity contribution in [2.24, 2.45) is 0 Å². The molecule has 0 fully saturated rings. The summed E-state index contributed by atoms with van der Waals surface area (Å²) in [6.07, 6.45) is 1.52. The zero-order chi connectivity index (χ0) is 23.9. The third kappa shape index (κ3) is 5.20. The van der Waals surface area contributed by atoms with Crippen molar-refractivity contribution in [2.45, 2.75) is 6.61 Å². The van der Waals surface area contributed by atoms with Crippen molar-refractivity contribution in [2.75, 3.05) is 12.4 Å². The van der Waals surface area contributed by atoms with Gasteiger partial charge in [0, 0.05) is 21.7 Å². The van der Waals surface area contributed by atoms with Crippen LogP contribution in [0.5, 0.6) is 11.5 Å². The van der Waals surface area contributed by atoms with E-state index in [4.69, 9.17) is 21.1 Å². The highest BCUT2D eigenvalue weighted by molar-refractivity contribution is 6.31. The van der Waals surface area contributed by atoms with Crippen LogP contribution >= 0.6 is 11.6 Å². The number of nitrogens with one attached hydrogen (secondary N) is 1. The van der Waals surface area contributed by atoms with Gasteiger partial charge in [0.05, 0.1) is 7.11 Å². The normalized spacial score (nSPS) is 11.0. The molecule has 0 saturated carbocycles. The summed E-state index contributed by atoms with van der Waals surface area (Å²) in [6.45, 7) is 0.246. The van der Waals surface area contributed by atoms with Crippen molar-refractivity contribution >= 4 is 40.0 Å². The molecule has 0 bridgehead atoms. The summed E-state index contributed by atoms with van der Waals surface area (Å²) >= 11 is 6.22. The number of hydrogen-bond acceptors (Lipinski definition) is 4. The zero-order valence-electron chi connectivity index (χ0n) is 18.4. The van der Waals surface area contributed by atoms with E-state index in [9.17, 15) is 10.1 Å². The molecular weight excluding hydrogens is 448 g/mol. The Balaban J connectivity index is 1.57. The third-order valence-corrected chi connectivity index (χ3v) is 5.61. The van der Waals surface area contributed by atoms with Crippen LogP contribution in [0.1, 0.15) is 11.1 Å². The number of ether oxygens (including phenoxy) is 2. The number of anilines is 1. The van der Waals surface area contributed by atoms with Gasteiger partial charge in [0.15, 0.2) is 11.5 Å². The van der Waals surface area contributed by atoms with Gasteiger partial charge in [-0.3, -0.25) is 4.79 Å². The van der Waals surface area contributed by atoms with E-state index in [1.54, 1.807) is 31.4 Å². The second-order valence-electron chi connectivity index (χ2n) is 7.44. The number of hydrogen-bond donors (Lipinski definition) is 1. The Morgan fingerprint density at radius 1 is 1.00 bits per heavy atom. The summed E-state index contributed by atoms with van der Waals surface area (Å²) in [5.74, 6) is 0.513. The molecule has 4 aromatic carbocycles. The van der Waals surface area contributed by atoms with Crippen LogP contribution in [0.3, 0.4) is 0 Å². The summed E-state index contributed by atoms with van der Waals surface area (Å²) < 4.78 is 11.3. The van der Waals surface area contributed by atoms with Gasteiger partial charge in [-0.15, -0.1) is 0 Å². The summed E-state index contributed by atoms with van der Waals surface area (Å²) in [5.41, 5.74) is 2.07. The number of halogens is 1. The molecular formula is C28H21ClN2O3. The number of benzene rings is 4. The minimum absolute atomic E-state index is 0.0323. The van der Waals surface area contributed by atoms with Gasteiger partial charge in [-0.05, 0) is 41.3 Å². The number of methoxy groups -OCH3 is 1. The molecule has 4 aromatic rings. The van der Waals surface area contributed by atoms with Gasteiger partial charge >= 0.3 is 0 Å². The average Bonchev–Trinajstić information content (AvgIpc) is 2.87. The number of carbonyl (C=O) groups excluding carboxylic acids is 1. The Morgan fingerprint density at radius 3 is 2.56 bits per heavy atom. The molecule has 168 valence electrons. The molecule has 0 aliphatic carbocycles. The van der Waals surface area contributed by atoms with E-state index in [0.717, 1.165) is 16.3 Å². The minimum atomic E-state index is -0.492. The van der Waals surface area contributed by atoms with Crippen molar-refractivity contribution in [3.63, 3.8) is 0 Å². The number of carbonyl (C=O) groups is 1. The smallest absolute Gasteiger partial charge is 0.266 e. The van der Waals surface area contributed by atoms with Crippen LogP contribution < -0.4 is 14.8 Å². The highest BCUT2D eigenvalue weighted by Gasteiger charge is 2.13. The number of fused-ring (bicyclic) bond motifs is 1. The van der Waals surface area contributed by atoms with Crippen molar-refractivity contribution in [3.8, 4) is 17.6 Å². The van der Waals surface area contributed by atoms with E-state index in [0.29, 0.717) is 27.8 Å². The number of nitrogens with zero attached hydrogens (tertiary/aromatic N) is 1. The van der Waals surface area contributed by atoms with Crippen LogP contribution in [0.4, 0.5) is 5.69 Å². The van der Waals surface area contributed by atoms with Crippen LogP contribution in [-0.2, 0) is 11.4 Å². The van der Waals surface area contributed by atoms with Gasteiger partial charge in [0.25, 0.3) is 5.91 Å². The molecule has 0 saturated heterocycles. The van der Waals surface area contributed by atoms with Crippen LogP contribution in [0.25, 0.3) is 16.8 Å². The quantitative estimate of drug-likeness (QED) is 0.244. The van der Waals surface area contributed by atoms with Crippen molar-refractivity contribution in [1.29, 1.82) is 5.26 Å². The summed E-state index contributed by atoms with van der Waals surface area (Å²) in [5, 5.41) is 15.0. The van der Waals surface area contributed by atoms with Crippen LogP contribution in [-0.4, -0.2) is 13.0 Å². The predicted molar refractivity (Wildman–Crippen MR) is 135 cm³/mol. The van der Waals surface area contributed by atoms with Gasteiger partial charge in [0.2, 0.25) is 0 Å². The molecule has 34 heavy (non-hydrogen) atoms. The summed E-state index contributed by atoms with van der Waals surface area (Å²) in [4.78, 5) is 12.9. The Bertz CT molecular complexity index is 1420. The molecule has 1 amide bonds. The lowest BCUT2D eigenvalue weighted by Gasteiger charge is -2.12. The zero-order valence-corrected chi connectivity index (χ0v) is 19.2. The summed E-state index contributed by atoms with van der Waals surface area (Å²) in [7, 11) is 1.55. The second kappa shape index (κ2) is 10.6. The first kappa shape index (κ1) is 22.9. The molecule has 0 atom stereocenters. The Hall–Kier alpha value is -4.27. The molecule has 0 aliphatic rings. The van der Waals surface area contributed by atoms with E-state index in [2.05, 4.69) is 5.32 Å². The fourth-order valence-electron chi connectivity index (χ4n) is 3.51. The lowest BCUT2D eigenvalue weighted by molar-refractivity contribution is -0.112. The predicted octanol–water partition coefficient (Wildman–Crippen LogP) is 6.63. The Kier molecular flexibility index (Phi) is 7.12. The second-order valence-corrected chi connectivity index (χ2v) is 7.85. The standard InChI is InChI=1S/C28H21ClN2O3/c1-33-26-14-13-19(16-27(26)34-18-21-8-3-5-11-24(21)29)15-22(17-30)28(32)31-25-12-6-9-20-7-2-4-10-23(20)25/h2-16H,18H2,1H3,(H,31,32)/b22-15+. The monoisotopic (exact) mass is 468 g/mol. The topological polar surface area (TPSA) is 71.3 Å². The van der Waals surface area contributed by atoms with E-state index < -0.39 is 5.91 Å². The third-order valence-electron chi connectivity index (χ3n) is 5.24. The van der Waals surface area contributed by atoms with Crippen molar-refractivity contribution in [3.05, 3.63) is 107 Å². The lowest BCUT2D eigenvalue weighted by Crippen LogP contribution is -2.13. The highest BCUT2D eigenvalue weighted by atomic mass is 35.5. The van der Waals surface area contributed by atoms with Crippen LogP contribution in [0.15, 0.2) is 90.5 Å². The SMILES string of the molecule is COc1ccc(/C=C(\C#N)C(=O)Nc2cccc3ccccc23)cc1OCc1ccccc1Cl. The maximum Gasteiger partial charge on any atom is 0.266 e. The molecule has 0 heterocycles. The van der Waals surface area contributed by atoms with E-state index in [1.807, 2.05) is 66.7 Å². The Morgan fingerprint density at radius 2 is 1.76 bits per heavy atom. The van der Waals surface area contributed by atoms with Gasteiger partial charge in [-0.25, -0.2) is 0 Å².